The third kappa shape index (κ3) is 4.04. The van der Waals surface area contributed by atoms with E-state index in [1.165, 1.54) is 25.7 Å². The number of likely N-dealkylation sites (tertiary alicyclic amines) is 1. The molecule has 136 valence electrons. The number of ether oxygens (including phenoxy) is 1. The van der Waals surface area contributed by atoms with Crippen LogP contribution in [0.3, 0.4) is 0 Å². The van der Waals surface area contributed by atoms with Gasteiger partial charge in [0, 0.05) is 38.9 Å². The topological polar surface area (TPSA) is 71.0 Å². The fraction of sp³-hybridized carbons (Fsp3) is 0.941. The van der Waals surface area contributed by atoms with Gasteiger partial charge in [-0.25, -0.2) is 8.42 Å². The van der Waals surface area contributed by atoms with Gasteiger partial charge in [0.25, 0.3) is 0 Å². The molecule has 3 aliphatic heterocycles. The Labute approximate surface area is 144 Å². The van der Waals surface area contributed by atoms with Crippen LogP contribution in [0, 0.1) is 17.8 Å². The van der Waals surface area contributed by atoms with E-state index in [2.05, 4.69) is 10.2 Å². The lowest BCUT2D eigenvalue weighted by atomic mass is 9.91. The lowest BCUT2D eigenvalue weighted by Crippen LogP contribution is -2.42. The largest absolute Gasteiger partial charge is 0.381 e. The Morgan fingerprint density at radius 1 is 1.17 bits per heavy atom. The Bertz CT molecular complexity index is 582. The first-order valence-corrected chi connectivity index (χ1v) is 11.3. The van der Waals surface area contributed by atoms with Crippen LogP contribution >= 0.6 is 0 Å². The summed E-state index contributed by atoms with van der Waals surface area (Å²) in [4.78, 5) is 7.22. The molecule has 0 amide bonds. The summed E-state index contributed by atoms with van der Waals surface area (Å²) in [7, 11) is -2.81. The molecule has 0 bridgehead atoms. The molecule has 1 saturated carbocycles. The molecule has 3 atom stereocenters. The zero-order valence-corrected chi connectivity index (χ0v) is 15.1. The molecule has 3 unspecified atom stereocenters. The molecule has 3 saturated heterocycles. The van der Waals surface area contributed by atoms with Crippen molar-refractivity contribution in [2.45, 2.75) is 38.1 Å². The van der Waals surface area contributed by atoms with Crippen molar-refractivity contribution in [1.82, 2.24) is 10.2 Å². The lowest BCUT2D eigenvalue weighted by molar-refractivity contribution is 0.173. The van der Waals surface area contributed by atoms with E-state index in [4.69, 9.17) is 9.73 Å². The minimum Gasteiger partial charge on any atom is -0.381 e. The maximum atomic E-state index is 11.6. The number of nitrogens with one attached hydrogen (secondary N) is 1. The van der Waals surface area contributed by atoms with Crippen molar-refractivity contribution in [2.75, 3.05) is 44.4 Å². The molecule has 0 aromatic rings. The van der Waals surface area contributed by atoms with Crippen molar-refractivity contribution >= 4 is 15.8 Å². The van der Waals surface area contributed by atoms with Gasteiger partial charge in [0.1, 0.15) is 0 Å². The number of sulfone groups is 1. The van der Waals surface area contributed by atoms with E-state index in [1.807, 2.05) is 0 Å². The van der Waals surface area contributed by atoms with Crippen LogP contribution in [0.15, 0.2) is 4.99 Å². The van der Waals surface area contributed by atoms with E-state index in [-0.39, 0.29) is 5.92 Å². The highest BCUT2D eigenvalue weighted by Crippen LogP contribution is 2.30. The van der Waals surface area contributed by atoms with Crippen molar-refractivity contribution in [3.05, 3.63) is 0 Å². The molecule has 1 N–H and O–H groups in total. The quantitative estimate of drug-likeness (QED) is 0.599. The van der Waals surface area contributed by atoms with Gasteiger partial charge in [0.2, 0.25) is 0 Å². The number of hydrogen-bond acceptors (Lipinski definition) is 4. The molecule has 1 aliphatic carbocycles. The third-order valence-electron chi connectivity index (χ3n) is 5.89. The first kappa shape index (κ1) is 16.6. The highest BCUT2D eigenvalue weighted by molar-refractivity contribution is 7.91. The first-order chi connectivity index (χ1) is 11.6. The van der Waals surface area contributed by atoms with E-state index in [9.17, 15) is 8.42 Å². The predicted molar refractivity (Wildman–Crippen MR) is 93.8 cm³/mol. The third-order valence-corrected chi connectivity index (χ3v) is 7.73. The Morgan fingerprint density at radius 3 is 2.71 bits per heavy atom. The Morgan fingerprint density at radius 2 is 2.04 bits per heavy atom. The van der Waals surface area contributed by atoms with Gasteiger partial charge in [-0.15, -0.1) is 0 Å². The molecule has 0 spiro atoms. The SMILES string of the molecule is O=S1(=O)CCC(CN=C(NC2CC2)N2CCC(C3CCOC3)C2)C1. The van der Waals surface area contributed by atoms with Gasteiger partial charge < -0.3 is 15.0 Å². The highest BCUT2D eigenvalue weighted by atomic mass is 32.2. The smallest absolute Gasteiger partial charge is 0.194 e. The standard InChI is InChI=1S/C17H29N3O3S/c21-24(22)8-5-13(12-24)9-18-17(19-16-1-2-16)20-6-3-14(10-20)15-4-7-23-11-15/h13-16H,1-12H2,(H,18,19). The summed E-state index contributed by atoms with van der Waals surface area (Å²) in [5.41, 5.74) is 0. The fourth-order valence-electron chi connectivity index (χ4n) is 4.17. The molecular formula is C17H29N3O3S. The molecule has 4 aliphatic rings. The van der Waals surface area contributed by atoms with Gasteiger partial charge in [-0.1, -0.05) is 0 Å². The molecule has 3 heterocycles. The van der Waals surface area contributed by atoms with Gasteiger partial charge in [0.15, 0.2) is 15.8 Å². The zero-order valence-electron chi connectivity index (χ0n) is 14.3. The van der Waals surface area contributed by atoms with E-state index >= 15 is 0 Å². The van der Waals surface area contributed by atoms with Crippen molar-refractivity contribution in [2.24, 2.45) is 22.7 Å². The van der Waals surface area contributed by atoms with Gasteiger partial charge in [0.05, 0.1) is 11.5 Å². The minimum atomic E-state index is -2.81. The predicted octanol–water partition coefficient (Wildman–Crippen LogP) is 0.888. The van der Waals surface area contributed by atoms with Crippen LogP contribution in [0.5, 0.6) is 0 Å². The molecule has 4 fully saturated rings. The van der Waals surface area contributed by atoms with Gasteiger partial charge in [-0.2, -0.15) is 0 Å². The van der Waals surface area contributed by atoms with Crippen LogP contribution in [0.4, 0.5) is 0 Å². The van der Waals surface area contributed by atoms with Crippen LogP contribution in [0.2, 0.25) is 0 Å². The average Bonchev–Trinajstić information content (AvgIpc) is 2.99. The van der Waals surface area contributed by atoms with E-state index in [0.29, 0.717) is 35.9 Å². The molecule has 0 aromatic heterocycles. The molecule has 0 aromatic carbocycles. The second-order valence-electron chi connectivity index (χ2n) is 7.97. The van der Waals surface area contributed by atoms with Crippen molar-refractivity contribution < 1.29 is 13.2 Å². The summed E-state index contributed by atoms with van der Waals surface area (Å²) in [5.74, 6) is 3.29. The zero-order chi connectivity index (χ0) is 16.6. The van der Waals surface area contributed by atoms with Crippen LogP contribution in [-0.2, 0) is 14.6 Å². The second kappa shape index (κ2) is 6.83. The van der Waals surface area contributed by atoms with Gasteiger partial charge in [-0.3, -0.25) is 4.99 Å². The number of guanidine groups is 1. The summed E-state index contributed by atoms with van der Waals surface area (Å²) in [5, 5.41) is 3.58. The maximum absolute atomic E-state index is 11.6. The van der Waals surface area contributed by atoms with Crippen LogP contribution in [-0.4, -0.2) is 69.7 Å². The van der Waals surface area contributed by atoms with Crippen molar-refractivity contribution in [3.8, 4) is 0 Å². The second-order valence-corrected chi connectivity index (χ2v) is 10.2. The number of hydrogen-bond donors (Lipinski definition) is 1. The molecule has 24 heavy (non-hydrogen) atoms. The van der Waals surface area contributed by atoms with Crippen molar-refractivity contribution in [3.63, 3.8) is 0 Å². The normalized spacial score (nSPS) is 36.4. The van der Waals surface area contributed by atoms with Gasteiger partial charge in [-0.05, 0) is 49.9 Å². The molecular weight excluding hydrogens is 326 g/mol. The van der Waals surface area contributed by atoms with E-state index < -0.39 is 9.84 Å². The molecule has 6 nitrogen and oxygen atoms in total. The Kier molecular flexibility index (Phi) is 4.73. The maximum Gasteiger partial charge on any atom is 0.194 e. The fourth-order valence-corrected chi connectivity index (χ4v) is 6.02. The number of aliphatic imine (C=N–C) groups is 1. The highest BCUT2D eigenvalue weighted by Gasteiger charge is 2.35. The summed E-state index contributed by atoms with van der Waals surface area (Å²) in [6.07, 6.45) is 5.64. The molecule has 7 heteroatoms. The Balaban J connectivity index is 1.37. The van der Waals surface area contributed by atoms with E-state index in [0.717, 1.165) is 38.7 Å². The monoisotopic (exact) mass is 355 g/mol. The molecule has 4 rings (SSSR count). The summed E-state index contributed by atoms with van der Waals surface area (Å²) < 4.78 is 28.8. The summed E-state index contributed by atoms with van der Waals surface area (Å²) in [6.45, 7) is 4.60. The van der Waals surface area contributed by atoms with Crippen molar-refractivity contribution in [1.29, 1.82) is 0 Å². The number of rotatable bonds is 4. The first-order valence-electron chi connectivity index (χ1n) is 9.43. The lowest BCUT2D eigenvalue weighted by Gasteiger charge is -2.23. The van der Waals surface area contributed by atoms with Crippen LogP contribution in [0.25, 0.3) is 0 Å². The van der Waals surface area contributed by atoms with Gasteiger partial charge >= 0.3 is 0 Å². The van der Waals surface area contributed by atoms with Crippen LogP contribution < -0.4 is 5.32 Å². The molecule has 0 radical (unpaired) electrons. The number of nitrogens with zero attached hydrogens (tertiary/aromatic N) is 2. The Hall–Kier alpha value is -0.820. The average molecular weight is 356 g/mol. The summed E-state index contributed by atoms with van der Waals surface area (Å²) in [6, 6.07) is 0.574. The summed E-state index contributed by atoms with van der Waals surface area (Å²) >= 11 is 0. The minimum absolute atomic E-state index is 0.202. The van der Waals surface area contributed by atoms with Crippen LogP contribution in [0.1, 0.15) is 32.1 Å². The van der Waals surface area contributed by atoms with E-state index in [1.54, 1.807) is 0 Å².